The molecule has 0 saturated carbocycles. The maximum absolute atomic E-state index is 12.2. The molecule has 2 aromatic rings. The van der Waals surface area contributed by atoms with Gasteiger partial charge in [-0.15, -0.1) is 0 Å². The minimum atomic E-state index is 0.0712. The van der Waals surface area contributed by atoms with Gasteiger partial charge in [0.1, 0.15) is 5.75 Å². The fourth-order valence-corrected chi connectivity index (χ4v) is 3.02. The van der Waals surface area contributed by atoms with Crippen LogP contribution in [0, 0.1) is 6.92 Å². The van der Waals surface area contributed by atoms with Gasteiger partial charge in [0.15, 0.2) is 0 Å². The first-order chi connectivity index (χ1) is 11.6. The molecule has 0 radical (unpaired) electrons. The maximum Gasteiger partial charge on any atom is 0.234 e. The van der Waals surface area contributed by atoms with E-state index in [4.69, 9.17) is 4.74 Å². The van der Waals surface area contributed by atoms with E-state index < -0.39 is 0 Å². The van der Waals surface area contributed by atoms with Crippen molar-refractivity contribution in [3.8, 4) is 5.75 Å². The Labute approximate surface area is 143 Å². The van der Waals surface area contributed by atoms with Crippen LogP contribution in [0.25, 0.3) is 0 Å². The Morgan fingerprint density at radius 2 is 1.96 bits per heavy atom. The summed E-state index contributed by atoms with van der Waals surface area (Å²) in [6.45, 7) is 4.78. The summed E-state index contributed by atoms with van der Waals surface area (Å²) < 4.78 is 5.29. The van der Waals surface area contributed by atoms with Gasteiger partial charge in [0.05, 0.1) is 13.7 Å². The van der Waals surface area contributed by atoms with Crippen molar-refractivity contribution in [2.75, 3.05) is 20.2 Å². The van der Waals surface area contributed by atoms with Crippen molar-refractivity contribution < 1.29 is 9.53 Å². The number of nitrogens with one attached hydrogen (secondary N) is 1. The predicted molar refractivity (Wildman–Crippen MR) is 95.0 cm³/mol. The number of ether oxygens (including phenoxy) is 1. The zero-order chi connectivity index (χ0) is 16.9. The number of fused-ring (bicyclic) bond motifs is 1. The van der Waals surface area contributed by atoms with Gasteiger partial charge in [-0.3, -0.25) is 9.69 Å². The summed E-state index contributed by atoms with van der Waals surface area (Å²) in [5.74, 6) is 0.946. The van der Waals surface area contributed by atoms with Gasteiger partial charge in [-0.05, 0) is 42.2 Å². The Kier molecular flexibility index (Phi) is 5.16. The number of methoxy groups -OCH3 is 1. The Hall–Kier alpha value is -2.33. The number of benzene rings is 2. The second kappa shape index (κ2) is 7.49. The second-order valence-electron chi connectivity index (χ2n) is 6.36. The molecule has 1 amide bonds. The zero-order valence-electron chi connectivity index (χ0n) is 14.3. The molecule has 1 aliphatic heterocycles. The molecular weight excluding hydrogens is 300 g/mol. The van der Waals surface area contributed by atoms with Gasteiger partial charge in [0, 0.05) is 19.6 Å². The summed E-state index contributed by atoms with van der Waals surface area (Å²) >= 11 is 0. The van der Waals surface area contributed by atoms with Crippen molar-refractivity contribution in [2.45, 2.75) is 26.4 Å². The lowest BCUT2D eigenvalue weighted by atomic mass is 9.99. The topological polar surface area (TPSA) is 41.6 Å². The van der Waals surface area contributed by atoms with Crippen molar-refractivity contribution in [1.82, 2.24) is 10.2 Å². The number of carbonyl (C=O) groups is 1. The van der Waals surface area contributed by atoms with Crippen molar-refractivity contribution in [1.29, 1.82) is 0 Å². The van der Waals surface area contributed by atoms with E-state index in [-0.39, 0.29) is 5.91 Å². The molecule has 0 aromatic heterocycles. The number of hydrogen-bond acceptors (Lipinski definition) is 3. The van der Waals surface area contributed by atoms with E-state index in [1.807, 2.05) is 6.07 Å². The molecule has 4 nitrogen and oxygen atoms in total. The van der Waals surface area contributed by atoms with Gasteiger partial charge in [-0.1, -0.05) is 35.9 Å². The van der Waals surface area contributed by atoms with E-state index in [0.29, 0.717) is 13.1 Å². The van der Waals surface area contributed by atoms with Crippen LogP contribution >= 0.6 is 0 Å². The molecule has 2 aromatic carbocycles. The number of hydrogen-bond donors (Lipinski definition) is 1. The minimum absolute atomic E-state index is 0.0712. The minimum Gasteiger partial charge on any atom is -0.497 e. The molecule has 1 N–H and O–H groups in total. The Bertz CT molecular complexity index is 710. The molecule has 0 saturated heterocycles. The summed E-state index contributed by atoms with van der Waals surface area (Å²) in [6, 6.07) is 14.4. The van der Waals surface area contributed by atoms with Crippen LogP contribution in [0.15, 0.2) is 42.5 Å². The molecule has 1 heterocycles. The number of nitrogens with zero attached hydrogens (tertiary/aromatic N) is 1. The van der Waals surface area contributed by atoms with Crippen molar-refractivity contribution in [3.63, 3.8) is 0 Å². The standard InChI is InChI=1S/C20H24N2O2/c1-15-3-5-16(6-4-15)12-21-20(23)14-22-10-9-17-7-8-19(24-2)11-18(17)13-22/h3-8,11H,9-10,12-14H2,1-2H3,(H,21,23). The molecule has 0 fully saturated rings. The fraction of sp³-hybridized carbons (Fsp3) is 0.350. The number of carbonyl (C=O) groups excluding carboxylic acids is 1. The van der Waals surface area contributed by atoms with Crippen LogP contribution in [0.3, 0.4) is 0 Å². The molecule has 0 unspecified atom stereocenters. The first-order valence-corrected chi connectivity index (χ1v) is 8.34. The van der Waals surface area contributed by atoms with Crippen LogP contribution in [0.1, 0.15) is 22.3 Å². The van der Waals surface area contributed by atoms with Crippen molar-refractivity contribution >= 4 is 5.91 Å². The van der Waals surface area contributed by atoms with Gasteiger partial charge in [0.2, 0.25) is 5.91 Å². The van der Waals surface area contributed by atoms with Crippen LogP contribution in [0.4, 0.5) is 0 Å². The number of amides is 1. The molecule has 0 atom stereocenters. The molecule has 4 heteroatoms. The van der Waals surface area contributed by atoms with E-state index in [9.17, 15) is 4.79 Å². The zero-order valence-corrected chi connectivity index (χ0v) is 14.3. The summed E-state index contributed by atoms with van der Waals surface area (Å²) in [6.07, 6.45) is 0.977. The third kappa shape index (κ3) is 4.15. The van der Waals surface area contributed by atoms with Crippen molar-refractivity contribution in [3.05, 3.63) is 64.7 Å². The average Bonchev–Trinajstić information content (AvgIpc) is 2.60. The third-order valence-corrected chi connectivity index (χ3v) is 4.48. The van der Waals surface area contributed by atoms with Crippen molar-refractivity contribution in [2.24, 2.45) is 0 Å². The van der Waals surface area contributed by atoms with E-state index in [1.165, 1.54) is 16.7 Å². The molecular formula is C20H24N2O2. The Morgan fingerprint density at radius 1 is 1.17 bits per heavy atom. The largest absolute Gasteiger partial charge is 0.497 e. The highest BCUT2D eigenvalue weighted by atomic mass is 16.5. The Morgan fingerprint density at radius 3 is 2.71 bits per heavy atom. The maximum atomic E-state index is 12.2. The van der Waals surface area contributed by atoms with Crippen LogP contribution < -0.4 is 10.1 Å². The molecule has 24 heavy (non-hydrogen) atoms. The highest BCUT2D eigenvalue weighted by molar-refractivity contribution is 5.78. The molecule has 0 aliphatic carbocycles. The number of aryl methyl sites for hydroxylation is 1. The lowest BCUT2D eigenvalue weighted by Crippen LogP contribution is -2.39. The summed E-state index contributed by atoms with van der Waals surface area (Å²) in [5, 5.41) is 3.01. The first kappa shape index (κ1) is 16.5. The van der Waals surface area contributed by atoms with E-state index >= 15 is 0 Å². The fourth-order valence-electron chi connectivity index (χ4n) is 3.02. The molecule has 1 aliphatic rings. The van der Waals surface area contributed by atoms with Gasteiger partial charge < -0.3 is 10.1 Å². The van der Waals surface area contributed by atoms with Gasteiger partial charge >= 0.3 is 0 Å². The summed E-state index contributed by atoms with van der Waals surface area (Å²) in [4.78, 5) is 14.4. The molecule has 0 spiro atoms. The van der Waals surface area contributed by atoms with Gasteiger partial charge in [0.25, 0.3) is 0 Å². The van der Waals surface area contributed by atoms with E-state index in [0.717, 1.165) is 30.8 Å². The average molecular weight is 324 g/mol. The lowest BCUT2D eigenvalue weighted by Gasteiger charge is -2.28. The Balaban J connectivity index is 1.52. The van der Waals surface area contributed by atoms with Crippen LogP contribution in [0.5, 0.6) is 5.75 Å². The SMILES string of the molecule is COc1ccc2c(c1)CN(CC(=O)NCc1ccc(C)cc1)CC2. The monoisotopic (exact) mass is 324 g/mol. The molecule has 126 valence electrons. The van der Waals surface area contributed by atoms with Gasteiger partial charge in [-0.2, -0.15) is 0 Å². The van der Waals surface area contributed by atoms with E-state index in [2.05, 4.69) is 53.5 Å². The first-order valence-electron chi connectivity index (χ1n) is 8.34. The molecule has 3 rings (SSSR count). The molecule has 0 bridgehead atoms. The van der Waals surface area contributed by atoms with Crippen LogP contribution in [-0.2, 0) is 24.3 Å². The summed E-state index contributed by atoms with van der Waals surface area (Å²) in [5.41, 5.74) is 4.97. The van der Waals surface area contributed by atoms with E-state index in [1.54, 1.807) is 7.11 Å². The lowest BCUT2D eigenvalue weighted by molar-refractivity contribution is -0.122. The van der Waals surface area contributed by atoms with Crippen LogP contribution in [-0.4, -0.2) is 31.0 Å². The third-order valence-electron chi connectivity index (χ3n) is 4.48. The predicted octanol–water partition coefficient (Wildman–Crippen LogP) is 2.68. The quantitative estimate of drug-likeness (QED) is 0.919. The highest BCUT2D eigenvalue weighted by Crippen LogP contribution is 2.23. The van der Waals surface area contributed by atoms with Gasteiger partial charge in [-0.25, -0.2) is 0 Å². The highest BCUT2D eigenvalue weighted by Gasteiger charge is 2.18. The van der Waals surface area contributed by atoms with Crippen LogP contribution in [0.2, 0.25) is 0 Å². The smallest absolute Gasteiger partial charge is 0.234 e. The number of rotatable bonds is 5. The summed E-state index contributed by atoms with van der Waals surface area (Å²) in [7, 11) is 1.68. The second-order valence-corrected chi connectivity index (χ2v) is 6.36. The normalized spacial score (nSPS) is 14.1.